The molecule has 7 heteroatoms. The van der Waals surface area contributed by atoms with Crippen molar-refractivity contribution >= 4 is 40.8 Å². The molecule has 1 aromatic rings. The van der Waals surface area contributed by atoms with Gasteiger partial charge in [0.2, 0.25) is 5.91 Å². The van der Waals surface area contributed by atoms with Gasteiger partial charge in [0.25, 0.3) is 0 Å². The summed E-state index contributed by atoms with van der Waals surface area (Å²) in [7, 11) is 0. The number of anilines is 1. The molecule has 4 aliphatic rings. The molecule has 214 valence electrons. The summed E-state index contributed by atoms with van der Waals surface area (Å²) in [6, 6.07) is 8.51. The first-order valence-electron chi connectivity index (χ1n) is 14.9. The number of allylic oxidation sites excluding steroid dienone is 2. The number of fused-ring (bicyclic) bond motifs is 5. The van der Waals surface area contributed by atoms with Gasteiger partial charge in [0.1, 0.15) is 6.10 Å². The summed E-state index contributed by atoms with van der Waals surface area (Å²) >= 11 is 11.9. The molecule has 6 atom stereocenters. The zero-order chi connectivity index (χ0) is 27.6. The van der Waals surface area contributed by atoms with E-state index in [-0.39, 0.29) is 28.8 Å². The van der Waals surface area contributed by atoms with Crippen molar-refractivity contribution in [3.63, 3.8) is 0 Å². The van der Waals surface area contributed by atoms with E-state index in [1.807, 2.05) is 0 Å². The SMILES string of the molecule is CC12CCC(=O)NC1=CCC1C2CCC2(C)C(OC(=O)CCCc3ccc(N(CCCl)CCCl)cc3)CCC12. The lowest BCUT2D eigenvalue weighted by atomic mass is 9.50. The second kappa shape index (κ2) is 12.0. The number of piperidine rings is 1. The predicted molar refractivity (Wildman–Crippen MR) is 158 cm³/mol. The van der Waals surface area contributed by atoms with Crippen LogP contribution in [0, 0.1) is 28.6 Å². The normalized spacial score (nSPS) is 33.3. The summed E-state index contributed by atoms with van der Waals surface area (Å²) < 4.78 is 6.21. The molecule has 1 aromatic carbocycles. The second-order valence-corrected chi connectivity index (χ2v) is 13.4. The molecule has 5 rings (SSSR count). The molecule has 1 amide bonds. The average molecular weight is 576 g/mol. The molecule has 1 aliphatic heterocycles. The van der Waals surface area contributed by atoms with Crippen LogP contribution in [0.2, 0.25) is 0 Å². The highest BCUT2D eigenvalue weighted by atomic mass is 35.5. The van der Waals surface area contributed by atoms with Gasteiger partial charge in [-0.1, -0.05) is 32.1 Å². The maximum Gasteiger partial charge on any atom is 0.306 e. The summed E-state index contributed by atoms with van der Waals surface area (Å²) in [6.07, 6.45) is 11.4. The lowest BCUT2D eigenvalue weighted by Gasteiger charge is -2.56. The molecule has 0 radical (unpaired) electrons. The fraction of sp³-hybridized carbons (Fsp3) is 0.688. The van der Waals surface area contributed by atoms with E-state index in [1.54, 1.807) is 0 Å². The van der Waals surface area contributed by atoms with Gasteiger partial charge in [-0.15, -0.1) is 23.2 Å². The molecule has 1 heterocycles. The smallest absolute Gasteiger partial charge is 0.306 e. The lowest BCUT2D eigenvalue weighted by Crippen LogP contribution is -2.54. The fourth-order valence-electron chi connectivity index (χ4n) is 8.44. The van der Waals surface area contributed by atoms with E-state index in [2.05, 4.69) is 54.4 Å². The Kier molecular flexibility index (Phi) is 8.88. The molecule has 0 spiro atoms. The van der Waals surface area contributed by atoms with Gasteiger partial charge in [0.05, 0.1) is 0 Å². The van der Waals surface area contributed by atoms with Crippen LogP contribution in [0.15, 0.2) is 36.0 Å². The lowest BCUT2D eigenvalue weighted by molar-refractivity contribution is -0.159. The quantitative estimate of drug-likeness (QED) is 0.245. The number of benzene rings is 1. The molecular formula is C32H44Cl2N2O3. The maximum absolute atomic E-state index is 12.9. The number of nitrogens with one attached hydrogen (secondary N) is 1. The van der Waals surface area contributed by atoms with E-state index in [4.69, 9.17) is 27.9 Å². The van der Waals surface area contributed by atoms with Gasteiger partial charge in [-0.05, 0) is 86.8 Å². The number of nitrogens with zero attached hydrogens (tertiary/aromatic N) is 1. The minimum absolute atomic E-state index is 0.0225. The van der Waals surface area contributed by atoms with Gasteiger partial charge in [0.15, 0.2) is 0 Å². The van der Waals surface area contributed by atoms with Crippen LogP contribution < -0.4 is 10.2 Å². The highest BCUT2D eigenvalue weighted by molar-refractivity contribution is 6.18. The van der Waals surface area contributed by atoms with E-state index in [0.29, 0.717) is 42.4 Å². The van der Waals surface area contributed by atoms with Crippen LogP contribution in [-0.4, -0.2) is 42.8 Å². The number of hydrogen-bond donors (Lipinski definition) is 1. The minimum Gasteiger partial charge on any atom is -0.462 e. The van der Waals surface area contributed by atoms with Crippen molar-refractivity contribution in [2.45, 2.75) is 84.2 Å². The van der Waals surface area contributed by atoms with Crippen molar-refractivity contribution < 1.29 is 14.3 Å². The first-order chi connectivity index (χ1) is 18.8. The summed E-state index contributed by atoms with van der Waals surface area (Å²) in [6.45, 7) is 6.30. The average Bonchev–Trinajstić information content (AvgIpc) is 3.25. The number of halogens is 2. The van der Waals surface area contributed by atoms with E-state index in [1.165, 1.54) is 11.3 Å². The molecule has 2 saturated carbocycles. The van der Waals surface area contributed by atoms with Crippen molar-refractivity contribution in [2.75, 3.05) is 29.7 Å². The number of carbonyl (C=O) groups excluding carboxylic acids is 2. The molecule has 0 bridgehead atoms. The van der Waals surface area contributed by atoms with Crippen molar-refractivity contribution in [3.05, 3.63) is 41.6 Å². The number of amides is 1. The Hall–Kier alpha value is -1.72. The molecule has 3 fully saturated rings. The molecule has 1 N–H and O–H groups in total. The topological polar surface area (TPSA) is 58.6 Å². The number of aryl methyl sites for hydroxylation is 1. The van der Waals surface area contributed by atoms with Crippen LogP contribution in [0.4, 0.5) is 5.69 Å². The summed E-state index contributed by atoms with van der Waals surface area (Å²) in [5.74, 6) is 3.05. The molecule has 6 unspecified atom stereocenters. The summed E-state index contributed by atoms with van der Waals surface area (Å²) in [5.41, 5.74) is 3.67. The minimum atomic E-state index is -0.0520. The predicted octanol–water partition coefficient (Wildman–Crippen LogP) is 6.85. The number of carbonyl (C=O) groups is 2. The van der Waals surface area contributed by atoms with E-state index >= 15 is 0 Å². The van der Waals surface area contributed by atoms with E-state index < -0.39 is 0 Å². The summed E-state index contributed by atoms with van der Waals surface area (Å²) in [4.78, 5) is 27.2. The van der Waals surface area contributed by atoms with Gasteiger partial charge >= 0.3 is 5.97 Å². The standard InChI is InChI=1S/C32H44Cl2N2O3/c1-31-17-15-29(37)35-27(31)12-10-24-25-11-13-28(32(25,2)16-14-26(24)31)39-30(38)5-3-4-22-6-8-23(9-7-22)36(20-18-33)21-19-34/h6-9,12,24-26,28H,3-5,10-11,13-21H2,1-2H3,(H,35,37). The molecular weight excluding hydrogens is 531 g/mol. The Morgan fingerprint density at radius 3 is 2.51 bits per heavy atom. The molecule has 39 heavy (non-hydrogen) atoms. The maximum atomic E-state index is 12.9. The molecule has 5 nitrogen and oxygen atoms in total. The van der Waals surface area contributed by atoms with Gasteiger partial charge in [-0.3, -0.25) is 9.59 Å². The van der Waals surface area contributed by atoms with Crippen molar-refractivity contribution in [1.82, 2.24) is 5.32 Å². The van der Waals surface area contributed by atoms with Crippen molar-refractivity contribution in [2.24, 2.45) is 28.6 Å². The highest BCUT2D eigenvalue weighted by Crippen LogP contribution is 2.64. The number of hydrogen-bond acceptors (Lipinski definition) is 4. The largest absolute Gasteiger partial charge is 0.462 e. The van der Waals surface area contributed by atoms with E-state index in [0.717, 1.165) is 70.1 Å². The van der Waals surface area contributed by atoms with Crippen LogP contribution in [0.5, 0.6) is 0 Å². The number of rotatable bonds is 10. The van der Waals surface area contributed by atoms with Crippen LogP contribution in [0.25, 0.3) is 0 Å². The monoisotopic (exact) mass is 574 g/mol. The second-order valence-electron chi connectivity index (χ2n) is 12.7. The van der Waals surface area contributed by atoms with Crippen molar-refractivity contribution in [3.8, 4) is 0 Å². The van der Waals surface area contributed by atoms with Crippen LogP contribution in [0.1, 0.15) is 77.2 Å². The third kappa shape index (κ3) is 5.73. The first-order valence-corrected chi connectivity index (χ1v) is 16.0. The zero-order valence-corrected chi connectivity index (χ0v) is 25.0. The van der Waals surface area contributed by atoms with Crippen LogP contribution >= 0.6 is 23.2 Å². The zero-order valence-electron chi connectivity index (χ0n) is 23.5. The van der Waals surface area contributed by atoms with Gasteiger partial charge in [0, 0.05) is 59.9 Å². The van der Waals surface area contributed by atoms with Gasteiger partial charge < -0.3 is 15.0 Å². The van der Waals surface area contributed by atoms with Crippen LogP contribution in [0.3, 0.4) is 0 Å². The molecule has 1 saturated heterocycles. The highest BCUT2D eigenvalue weighted by Gasteiger charge is 2.59. The summed E-state index contributed by atoms with van der Waals surface area (Å²) in [5, 5.41) is 3.19. The Morgan fingerprint density at radius 1 is 1.05 bits per heavy atom. The van der Waals surface area contributed by atoms with E-state index in [9.17, 15) is 9.59 Å². The van der Waals surface area contributed by atoms with Crippen LogP contribution in [-0.2, 0) is 20.7 Å². The number of esters is 1. The van der Waals surface area contributed by atoms with Gasteiger partial charge in [-0.25, -0.2) is 0 Å². The molecule has 0 aromatic heterocycles. The number of ether oxygens (including phenoxy) is 1. The number of alkyl halides is 2. The first kappa shape index (κ1) is 28.8. The Labute approximate surface area is 244 Å². The third-order valence-electron chi connectivity index (χ3n) is 10.7. The Morgan fingerprint density at radius 2 is 1.79 bits per heavy atom. The van der Waals surface area contributed by atoms with Gasteiger partial charge in [-0.2, -0.15) is 0 Å². The Balaban J connectivity index is 1.13. The molecule has 3 aliphatic carbocycles. The fourth-order valence-corrected chi connectivity index (χ4v) is 8.85. The third-order valence-corrected chi connectivity index (χ3v) is 11.0. The van der Waals surface area contributed by atoms with Crippen molar-refractivity contribution in [1.29, 1.82) is 0 Å². The Bertz CT molecular complexity index is 1070.